The molecule has 3 aliphatic heterocycles. The molecule has 2 unspecified atom stereocenters. The third-order valence-electron chi connectivity index (χ3n) is 13.9. The van der Waals surface area contributed by atoms with Crippen molar-refractivity contribution < 1.29 is 24.6 Å². The molecule has 5 aliphatic rings. The number of piperidine rings is 1. The number of quaternary nitrogens is 1. The Morgan fingerprint density at radius 1 is 1.08 bits per heavy atom. The predicted octanol–water partition coefficient (Wildman–Crippen LogP) is 7.07. The molecule has 13 nitrogen and oxygen atoms in total. The van der Waals surface area contributed by atoms with Crippen LogP contribution in [0.3, 0.4) is 0 Å². The van der Waals surface area contributed by atoms with Crippen LogP contribution in [0.5, 0.6) is 0 Å². The van der Waals surface area contributed by atoms with Crippen molar-refractivity contribution in [2.45, 2.75) is 105 Å². The Labute approximate surface area is 358 Å². The average molecular weight is 839 g/mol. The lowest BCUT2D eigenvalue weighted by Crippen LogP contribution is -3.14. The van der Waals surface area contributed by atoms with Crippen molar-refractivity contribution in [2.75, 3.05) is 46.0 Å². The number of likely N-dealkylation sites (tertiary alicyclic amines) is 1. The van der Waals surface area contributed by atoms with Crippen molar-refractivity contribution >= 4 is 43.9 Å². The van der Waals surface area contributed by atoms with E-state index >= 15 is 0 Å². The standard InChI is InChI=1S/C46H63N9O4S/c1-7-46(27-43(4)24-44(5,28-46)26-45(6,25-43)59-22-19-53-17-20-58-21-18-53)29-55-31(3)34(23-49-55)33-14-15-37(51-38(33)41(56)57)54-16-10-11-32(40(54)48)30(2)39(47)52-42-50-35-12-8-9-13-36(35)60-42/h8-9,12-15,23,48,51,56-57H,7,10-11,16-22,24-29H2,1-6H3,(H2,47,50,52)/p+1/b32-30-,48-40?/t43-,44+,45?,46?. The van der Waals surface area contributed by atoms with Crippen LogP contribution in [0.4, 0.5) is 5.13 Å². The van der Waals surface area contributed by atoms with E-state index in [0.717, 1.165) is 117 Å². The Hall–Kier alpha value is -4.50. The van der Waals surface area contributed by atoms with Gasteiger partial charge in [-0.3, -0.25) is 10.1 Å². The fourth-order valence-electron chi connectivity index (χ4n) is 12.0. The minimum atomic E-state index is -0.815. The number of nitrogens with one attached hydrogen (secondary N) is 3. The van der Waals surface area contributed by atoms with E-state index in [-0.39, 0.29) is 27.5 Å². The zero-order chi connectivity index (χ0) is 42.5. The van der Waals surface area contributed by atoms with Crippen LogP contribution in [0.2, 0.25) is 0 Å². The van der Waals surface area contributed by atoms with Gasteiger partial charge in [-0.1, -0.05) is 44.2 Å². The van der Waals surface area contributed by atoms with Crippen molar-refractivity contribution in [2.24, 2.45) is 27.0 Å². The molecule has 14 heteroatoms. The number of allylic oxidation sites excluding steroid dienone is 3. The number of amidine groups is 2. The largest absolute Gasteiger partial charge is 0.480 e. The highest BCUT2D eigenvalue weighted by Crippen LogP contribution is 2.65. The lowest BCUT2D eigenvalue weighted by atomic mass is 9.46. The second-order valence-corrected chi connectivity index (χ2v) is 20.2. The predicted molar refractivity (Wildman–Crippen MR) is 238 cm³/mol. The first-order valence-electron chi connectivity index (χ1n) is 21.8. The van der Waals surface area contributed by atoms with E-state index in [1.807, 2.05) is 54.4 Å². The van der Waals surface area contributed by atoms with Gasteiger partial charge >= 0.3 is 0 Å². The second-order valence-electron chi connectivity index (χ2n) is 19.2. The van der Waals surface area contributed by atoms with Crippen LogP contribution in [0.15, 0.2) is 76.2 Å². The lowest BCUT2D eigenvalue weighted by molar-refractivity contribution is -0.908. The molecule has 5 heterocycles. The minimum Gasteiger partial charge on any atom is -0.480 e. The van der Waals surface area contributed by atoms with Crippen molar-refractivity contribution in [3.8, 4) is 0 Å². The number of para-hydroxylation sites is 1. The molecule has 4 atom stereocenters. The molecule has 7 N–H and O–H groups in total. The topological polar surface area (TPSA) is 172 Å². The number of nitrogens with zero attached hydrogens (tertiary/aromatic N) is 5. The van der Waals surface area contributed by atoms with Gasteiger partial charge in [0.2, 0.25) is 5.13 Å². The van der Waals surface area contributed by atoms with Crippen LogP contribution in [0, 0.1) is 28.6 Å². The number of morpholine rings is 1. The smallest absolute Gasteiger partial charge is 0.299 e. The molecule has 3 aromatic rings. The zero-order valence-electron chi connectivity index (χ0n) is 36.3. The summed E-state index contributed by atoms with van der Waals surface area (Å²) in [6.07, 6.45) is 13.7. The summed E-state index contributed by atoms with van der Waals surface area (Å²) >= 11 is 1.48. The quantitative estimate of drug-likeness (QED) is 0.0672. The summed E-state index contributed by atoms with van der Waals surface area (Å²) in [4.78, 5) is 12.7. The van der Waals surface area contributed by atoms with E-state index in [2.05, 4.69) is 54.6 Å². The average Bonchev–Trinajstić information content (AvgIpc) is 3.78. The van der Waals surface area contributed by atoms with Crippen molar-refractivity contribution in [3.63, 3.8) is 0 Å². The van der Waals surface area contributed by atoms with E-state index in [1.165, 1.54) is 17.8 Å². The number of hydrogen-bond donors (Lipinski definition) is 6. The van der Waals surface area contributed by atoms with Crippen molar-refractivity contribution in [1.29, 1.82) is 5.41 Å². The number of fused-ring (bicyclic) bond motifs is 3. The molecular weight excluding hydrogens is 775 g/mol. The van der Waals surface area contributed by atoms with E-state index in [9.17, 15) is 15.6 Å². The van der Waals surface area contributed by atoms with E-state index in [4.69, 9.17) is 20.3 Å². The van der Waals surface area contributed by atoms with Gasteiger partial charge in [0.1, 0.15) is 42.8 Å². The normalized spacial score (nSPS) is 30.0. The van der Waals surface area contributed by atoms with Gasteiger partial charge in [0.25, 0.3) is 5.95 Å². The molecule has 322 valence electrons. The number of hydrogen-bond acceptors (Lipinski definition) is 10. The zero-order valence-corrected chi connectivity index (χ0v) is 37.1. The minimum absolute atomic E-state index is 0.0691. The Balaban J connectivity index is 0.987. The van der Waals surface area contributed by atoms with Gasteiger partial charge < -0.3 is 40.5 Å². The van der Waals surface area contributed by atoms with Crippen LogP contribution in [0.1, 0.15) is 97.2 Å². The number of thiazole rings is 1. The first-order valence-corrected chi connectivity index (χ1v) is 22.6. The molecule has 8 rings (SSSR count). The molecule has 2 bridgehead atoms. The molecule has 0 spiro atoms. The van der Waals surface area contributed by atoms with Crippen molar-refractivity contribution in [1.82, 2.24) is 25.0 Å². The van der Waals surface area contributed by atoms with Crippen LogP contribution < -0.4 is 16.0 Å². The van der Waals surface area contributed by atoms with Crippen LogP contribution in [0.25, 0.3) is 15.8 Å². The Morgan fingerprint density at radius 2 is 1.82 bits per heavy atom. The van der Waals surface area contributed by atoms with Gasteiger partial charge in [-0.2, -0.15) is 5.10 Å². The Kier molecular flexibility index (Phi) is 11.5. The molecular formula is C46H64N9O4S+. The number of aromatic nitrogens is 3. The fourth-order valence-corrected chi connectivity index (χ4v) is 12.8. The molecule has 0 amide bonds. The highest BCUT2D eigenvalue weighted by molar-refractivity contribution is 7.22. The summed E-state index contributed by atoms with van der Waals surface area (Å²) < 4.78 is 15.6. The molecule has 2 aliphatic carbocycles. The Morgan fingerprint density at radius 3 is 2.52 bits per heavy atom. The number of aliphatic hydroxyl groups is 2. The van der Waals surface area contributed by atoms with E-state index in [1.54, 1.807) is 4.90 Å². The number of benzene rings is 1. The van der Waals surface area contributed by atoms with Crippen LogP contribution >= 0.6 is 11.3 Å². The molecule has 60 heavy (non-hydrogen) atoms. The van der Waals surface area contributed by atoms with Crippen LogP contribution in [-0.2, 0) is 16.0 Å². The molecule has 4 fully saturated rings. The SMILES string of the molecule is CCC1(Cn2ncc(C3=CC=C(N4CCC/C(=C(C)/C(N)=N\c5nc6ccccc6s5)C4=N)NC3=C(O)O)c2C)C[C@@]2(C)CC(C)(OCC[NH+]3CCOCC3)C[C@@](C)(C1)C2. The first-order chi connectivity index (χ1) is 28.6. The molecule has 2 aromatic heterocycles. The number of rotatable bonds is 11. The van der Waals surface area contributed by atoms with Gasteiger partial charge in [-0.05, 0) is 118 Å². The van der Waals surface area contributed by atoms with Crippen LogP contribution in [-0.4, -0.2) is 93.1 Å². The Bertz CT molecular complexity index is 2240. The van der Waals surface area contributed by atoms with Gasteiger partial charge in [0, 0.05) is 35.5 Å². The van der Waals surface area contributed by atoms with Gasteiger partial charge in [-0.15, -0.1) is 0 Å². The highest BCUT2D eigenvalue weighted by Gasteiger charge is 2.58. The van der Waals surface area contributed by atoms with Gasteiger partial charge in [0.15, 0.2) is 0 Å². The molecule has 2 saturated carbocycles. The van der Waals surface area contributed by atoms with Gasteiger partial charge in [-0.25, -0.2) is 9.98 Å². The molecule has 2 saturated heterocycles. The van der Waals surface area contributed by atoms with E-state index < -0.39 is 5.95 Å². The monoisotopic (exact) mass is 838 g/mol. The summed E-state index contributed by atoms with van der Waals surface area (Å²) in [7, 11) is 0. The number of nitrogens with two attached hydrogens (primary N) is 1. The second kappa shape index (κ2) is 16.4. The van der Waals surface area contributed by atoms with Gasteiger partial charge in [0.05, 0.1) is 41.8 Å². The lowest BCUT2D eigenvalue weighted by Gasteiger charge is -2.61. The number of aliphatic imine (C=N–C) groups is 1. The maximum atomic E-state index is 10.7. The molecule has 1 aromatic carbocycles. The summed E-state index contributed by atoms with van der Waals surface area (Å²) in [5, 5.41) is 39.4. The summed E-state index contributed by atoms with van der Waals surface area (Å²) in [5.41, 5.74) is 11.8. The first kappa shape index (κ1) is 42.2. The highest BCUT2D eigenvalue weighted by atomic mass is 32.1. The van der Waals surface area contributed by atoms with Crippen molar-refractivity contribution in [3.05, 3.63) is 82.5 Å². The summed E-state index contributed by atoms with van der Waals surface area (Å²) in [5.74, 6) is 0.388. The maximum absolute atomic E-state index is 10.7. The third kappa shape index (κ3) is 8.53. The number of ether oxygens (including phenoxy) is 2. The van der Waals surface area contributed by atoms with E-state index in [0.29, 0.717) is 41.2 Å². The summed E-state index contributed by atoms with van der Waals surface area (Å²) in [6, 6.07) is 7.89. The summed E-state index contributed by atoms with van der Waals surface area (Å²) in [6.45, 7) is 20.7. The maximum Gasteiger partial charge on any atom is 0.299 e. The fraction of sp³-hybridized carbons (Fsp3) is 0.565. The number of dihydropyridines is 1. The molecule has 0 radical (unpaired) electrons. The third-order valence-corrected chi connectivity index (χ3v) is 14.9. The number of aliphatic hydroxyl groups excluding tert-OH is 1.